The summed E-state index contributed by atoms with van der Waals surface area (Å²) in [7, 11) is 0. The highest BCUT2D eigenvalue weighted by atomic mass is 19.1. The third-order valence-corrected chi connectivity index (χ3v) is 3.00. The molecule has 3 N–H and O–H groups in total. The van der Waals surface area contributed by atoms with Crippen LogP contribution in [0.1, 0.15) is 21.5 Å². The van der Waals surface area contributed by atoms with E-state index in [9.17, 15) is 13.6 Å². The van der Waals surface area contributed by atoms with Gasteiger partial charge in [-0.25, -0.2) is 8.78 Å². The van der Waals surface area contributed by atoms with Gasteiger partial charge in [0.25, 0.3) is 0 Å². The van der Waals surface area contributed by atoms with Gasteiger partial charge in [0, 0.05) is 23.4 Å². The Bertz CT molecular complexity index is 656. The first-order valence-electron chi connectivity index (χ1n) is 6.05. The Labute approximate surface area is 115 Å². The van der Waals surface area contributed by atoms with E-state index in [1.54, 1.807) is 6.07 Å². The zero-order valence-corrected chi connectivity index (χ0v) is 10.9. The van der Waals surface area contributed by atoms with E-state index < -0.39 is 11.7 Å². The zero-order chi connectivity index (χ0) is 14.7. The lowest BCUT2D eigenvalue weighted by Gasteiger charge is -2.11. The molecule has 0 heterocycles. The summed E-state index contributed by atoms with van der Waals surface area (Å²) in [5, 5.41) is 2.94. The molecule has 0 unspecified atom stereocenters. The monoisotopic (exact) mass is 276 g/mol. The summed E-state index contributed by atoms with van der Waals surface area (Å²) in [5.41, 5.74) is 7.11. The summed E-state index contributed by atoms with van der Waals surface area (Å²) in [5.74, 6) is -1.44. The molecule has 0 bridgehead atoms. The van der Waals surface area contributed by atoms with Crippen molar-refractivity contribution in [3.63, 3.8) is 0 Å². The smallest absolute Gasteiger partial charge is 0.248 e. The number of nitrogens with one attached hydrogen (secondary N) is 1. The third kappa shape index (κ3) is 3.12. The maximum atomic E-state index is 13.6. The van der Waals surface area contributed by atoms with Gasteiger partial charge in [0.2, 0.25) is 5.91 Å². The van der Waals surface area contributed by atoms with Gasteiger partial charge in [0.1, 0.15) is 11.6 Å². The fourth-order valence-corrected chi connectivity index (χ4v) is 1.84. The van der Waals surface area contributed by atoms with Crippen LogP contribution >= 0.6 is 0 Å². The van der Waals surface area contributed by atoms with Crippen LogP contribution in [0.4, 0.5) is 14.5 Å². The normalized spacial score (nSPS) is 10.3. The lowest BCUT2D eigenvalue weighted by molar-refractivity contribution is 0.1000. The van der Waals surface area contributed by atoms with Crippen LogP contribution in [-0.2, 0) is 6.54 Å². The number of halogens is 2. The standard InChI is InChI=1S/C15H14F2N2O/c1-9-2-4-12(16)7-14(9)19-8-11-6-10(15(18)20)3-5-13(11)17/h2-7,19H,8H2,1H3,(H2,18,20). The number of hydrogen-bond acceptors (Lipinski definition) is 2. The summed E-state index contributed by atoms with van der Waals surface area (Å²) >= 11 is 0. The molecule has 20 heavy (non-hydrogen) atoms. The van der Waals surface area contributed by atoms with Crippen LogP contribution < -0.4 is 11.1 Å². The van der Waals surface area contributed by atoms with Crippen LogP contribution in [0.15, 0.2) is 36.4 Å². The van der Waals surface area contributed by atoms with E-state index in [1.807, 2.05) is 6.92 Å². The number of anilines is 1. The van der Waals surface area contributed by atoms with Crippen molar-refractivity contribution in [3.05, 3.63) is 64.7 Å². The number of nitrogens with two attached hydrogens (primary N) is 1. The first-order chi connectivity index (χ1) is 9.47. The molecule has 3 nitrogen and oxygen atoms in total. The average Bonchev–Trinajstić information content (AvgIpc) is 2.41. The van der Waals surface area contributed by atoms with Crippen LogP contribution in [0, 0.1) is 18.6 Å². The van der Waals surface area contributed by atoms with E-state index >= 15 is 0 Å². The van der Waals surface area contributed by atoms with Crippen molar-refractivity contribution in [3.8, 4) is 0 Å². The fraction of sp³-hybridized carbons (Fsp3) is 0.133. The van der Waals surface area contributed by atoms with Gasteiger partial charge in [0.15, 0.2) is 0 Å². The minimum absolute atomic E-state index is 0.136. The maximum absolute atomic E-state index is 13.6. The van der Waals surface area contributed by atoms with Crippen molar-refractivity contribution in [1.82, 2.24) is 0 Å². The predicted octanol–water partition coefficient (Wildman–Crippen LogP) is 2.98. The van der Waals surface area contributed by atoms with Crippen molar-refractivity contribution in [2.45, 2.75) is 13.5 Å². The highest BCUT2D eigenvalue weighted by Gasteiger charge is 2.08. The number of carbonyl (C=O) groups is 1. The molecule has 0 aromatic heterocycles. The van der Waals surface area contributed by atoms with Gasteiger partial charge in [-0.15, -0.1) is 0 Å². The Morgan fingerprint density at radius 2 is 1.95 bits per heavy atom. The Morgan fingerprint density at radius 1 is 1.20 bits per heavy atom. The minimum atomic E-state index is -0.617. The Morgan fingerprint density at radius 3 is 2.65 bits per heavy atom. The lowest BCUT2D eigenvalue weighted by atomic mass is 10.1. The molecule has 1 amide bonds. The molecule has 2 aromatic rings. The highest BCUT2D eigenvalue weighted by molar-refractivity contribution is 5.92. The van der Waals surface area contributed by atoms with Crippen LogP contribution in [0.3, 0.4) is 0 Å². The first-order valence-corrected chi connectivity index (χ1v) is 6.05. The minimum Gasteiger partial charge on any atom is -0.381 e. The topological polar surface area (TPSA) is 55.1 Å². The summed E-state index contributed by atoms with van der Waals surface area (Å²) in [6, 6.07) is 8.23. The van der Waals surface area contributed by atoms with Gasteiger partial charge in [-0.3, -0.25) is 4.79 Å². The van der Waals surface area contributed by atoms with Crippen molar-refractivity contribution in [2.75, 3.05) is 5.32 Å². The van der Waals surface area contributed by atoms with Crippen molar-refractivity contribution in [2.24, 2.45) is 5.73 Å². The van der Waals surface area contributed by atoms with Crippen LogP contribution in [0.5, 0.6) is 0 Å². The van der Waals surface area contributed by atoms with Gasteiger partial charge in [0.05, 0.1) is 0 Å². The second kappa shape index (κ2) is 5.69. The van der Waals surface area contributed by atoms with Crippen molar-refractivity contribution >= 4 is 11.6 Å². The Balaban J connectivity index is 2.20. The second-order valence-electron chi connectivity index (χ2n) is 4.48. The van der Waals surface area contributed by atoms with Crippen LogP contribution in [0.25, 0.3) is 0 Å². The molecule has 0 radical (unpaired) electrons. The van der Waals surface area contributed by atoms with E-state index in [1.165, 1.54) is 30.3 Å². The molecule has 0 aliphatic heterocycles. The van der Waals surface area contributed by atoms with Crippen LogP contribution in [0.2, 0.25) is 0 Å². The number of amides is 1. The molecule has 0 aliphatic rings. The van der Waals surface area contributed by atoms with Gasteiger partial charge in [-0.1, -0.05) is 6.07 Å². The predicted molar refractivity (Wildman–Crippen MR) is 73.4 cm³/mol. The maximum Gasteiger partial charge on any atom is 0.248 e. The largest absolute Gasteiger partial charge is 0.381 e. The third-order valence-electron chi connectivity index (χ3n) is 3.00. The quantitative estimate of drug-likeness (QED) is 0.902. The number of benzene rings is 2. The summed E-state index contributed by atoms with van der Waals surface area (Å²) in [6.45, 7) is 1.95. The molecule has 104 valence electrons. The lowest BCUT2D eigenvalue weighted by Crippen LogP contribution is -2.12. The van der Waals surface area contributed by atoms with Gasteiger partial charge < -0.3 is 11.1 Å². The molecule has 0 atom stereocenters. The Hall–Kier alpha value is -2.43. The Kier molecular flexibility index (Phi) is 3.98. The van der Waals surface area contributed by atoms with E-state index in [0.29, 0.717) is 11.3 Å². The van der Waals surface area contributed by atoms with Gasteiger partial charge in [-0.05, 0) is 42.8 Å². The van der Waals surface area contributed by atoms with Crippen molar-refractivity contribution in [1.29, 1.82) is 0 Å². The number of aryl methyl sites for hydroxylation is 1. The average molecular weight is 276 g/mol. The fourth-order valence-electron chi connectivity index (χ4n) is 1.84. The van der Waals surface area contributed by atoms with Gasteiger partial charge in [-0.2, -0.15) is 0 Å². The summed E-state index contributed by atoms with van der Waals surface area (Å²) in [6.07, 6.45) is 0. The SMILES string of the molecule is Cc1ccc(F)cc1NCc1cc(C(N)=O)ccc1F. The van der Waals surface area contributed by atoms with E-state index in [4.69, 9.17) is 5.73 Å². The molecular formula is C15H14F2N2O. The molecule has 2 aromatic carbocycles. The zero-order valence-electron chi connectivity index (χ0n) is 10.9. The van der Waals surface area contributed by atoms with Crippen LogP contribution in [-0.4, -0.2) is 5.91 Å². The first kappa shape index (κ1) is 14.0. The highest BCUT2D eigenvalue weighted by Crippen LogP contribution is 2.18. The van der Waals surface area contributed by atoms with E-state index in [0.717, 1.165) is 5.56 Å². The van der Waals surface area contributed by atoms with E-state index in [-0.39, 0.29) is 17.9 Å². The molecule has 0 saturated carbocycles. The molecule has 2 rings (SSSR count). The summed E-state index contributed by atoms with van der Waals surface area (Å²) < 4.78 is 26.8. The number of rotatable bonds is 4. The number of carbonyl (C=O) groups excluding carboxylic acids is 1. The van der Waals surface area contributed by atoms with Gasteiger partial charge >= 0.3 is 0 Å². The molecule has 0 aliphatic carbocycles. The molecule has 0 spiro atoms. The number of primary amides is 1. The molecule has 5 heteroatoms. The molecule has 0 fully saturated rings. The summed E-state index contributed by atoms with van der Waals surface area (Å²) in [4.78, 5) is 11.1. The van der Waals surface area contributed by atoms with Crippen molar-refractivity contribution < 1.29 is 13.6 Å². The second-order valence-corrected chi connectivity index (χ2v) is 4.48. The number of hydrogen-bond donors (Lipinski definition) is 2. The van der Waals surface area contributed by atoms with E-state index in [2.05, 4.69) is 5.32 Å². The molecule has 0 saturated heterocycles. The molecular weight excluding hydrogens is 262 g/mol.